The van der Waals surface area contributed by atoms with E-state index >= 15 is 0 Å². The van der Waals surface area contributed by atoms with Gasteiger partial charge in [0.1, 0.15) is 0 Å². The Kier molecular flexibility index (Phi) is 1.97. The zero-order valence-electron chi connectivity index (χ0n) is 5.14. The number of halogens is 2. The first-order chi connectivity index (χ1) is 3.86. The first kappa shape index (κ1) is 7.29. The fourth-order valence-electron chi connectivity index (χ4n) is 1.49. The normalized spacial score (nSPS) is 47.0. The van der Waals surface area contributed by atoms with Gasteiger partial charge in [0.15, 0.2) is 0 Å². The second kappa shape index (κ2) is 2.43. The lowest BCUT2D eigenvalue weighted by Gasteiger charge is -2.11. The molecule has 3 heteroatoms. The molecule has 1 saturated heterocycles. The smallest absolute Gasteiger partial charge is 0.0352 e. The zero-order valence-corrected chi connectivity index (χ0v) is 5.90. The van der Waals surface area contributed by atoms with Crippen LogP contribution < -0.4 is 5.32 Å². The summed E-state index contributed by atoms with van der Waals surface area (Å²) in [6, 6.07) is 1.65. The monoisotopic (exact) mass is 151 g/mol. The maximum atomic E-state index is 5.90. The van der Waals surface area contributed by atoms with E-state index in [-0.39, 0.29) is 4.70 Å². The second-order valence-electron chi connectivity index (χ2n) is 2.79. The molecule has 0 radical (unpaired) electrons. The lowest BCUT2D eigenvalue weighted by atomic mass is 10.0. The van der Waals surface area contributed by atoms with Gasteiger partial charge in [0, 0.05) is 17.5 Å². The van der Waals surface area contributed by atoms with E-state index in [2.05, 4.69) is 5.32 Å². The van der Waals surface area contributed by atoms with Gasteiger partial charge in [0.25, 0.3) is 0 Å². The summed E-state index contributed by atoms with van der Waals surface area (Å²) in [5.74, 6) is 0. The van der Waals surface area contributed by atoms with Crippen LogP contribution in [0.4, 0.5) is 4.70 Å². The van der Waals surface area contributed by atoms with Gasteiger partial charge in [-0.15, -0.1) is 11.6 Å². The summed E-state index contributed by atoms with van der Waals surface area (Å²) in [6.07, 6.45) is 3.72. The molecule has 0 aromatic carbocycles. The first-order valence-corrected chi connectivity index (χ1v) is 3.70. The van der Waals surface area contributed by atoms with Crippen molar-refractivity contribution >= 4 is 11.6 Å². The highest BCUT2D eigenvalue weighted by Gasteiger charge is 2.40. The van der Waals surface area contributed by atoms with E-state index in [4.69, 9.17) is 11.6 Å². The van der Waals surface area contributed by atoms with Crippen molar-refractivity contribution in [3.8, 4) is 0 Å². The van der Waals surface area contributed by atoms with Crippen LogP contribution in [0.25, 0.3) is 0 Å². The van der Waals surface area contributed by atoms with Crippen LogP contribution in [0.1, 0.15) is 19.3 Å². The average Bonchev–Trinajstić information content (AvgIpc) is 2.43. The van der Waals surface area contributed by atoms with E-state index in [0.717, 1.165) is 12.1 Å². The Hall–Kier alpha value is 0.180. The van der Waals surface area contributed by atoms with Gasteiger partial charge in [0.05, 0.1) is 0 Å². The molecule has 2 rings (SSSR count). The topological polar surface area (TPSA) is 21.9 Å². The van der Waals surface area contributed by atoms with E-state index in [0.29, 0.717) is 5.38 Å². The lowest BCUT2D eigenvalue weighted by Crippen LogP contribution is -2.12. The highest BCUT2D eigenvalue weighted by Crippen LogP contribution is 2.31. The Balaban J connectivity index is 0.000000405. The number of hydrogen-bond acceptors (Lipinski definition) is 1. The molecule has 1 aliphatic carbocycles. The van der Waals surface area contributed by atoms with E-state index < -0.39 is 0 Å². The van der Waals surface area contributed by atoms with Crippen LogP contribution in [0.15, 0.2) is 0 Å². The van der Waals surface area contributed by atoms with Crippen LogP contribution in [0.5, 0.6) is 0 Å². The summed E-state index contributed by atoms with van der Waals surface area (Å²) in [5.41, 5.74) is 0. The van der Waals surface area contributed by atoms with Gasteiger partial charge >= 0.3 is 0 Å². The maximum Gasteiger partial charge on any atom is 0.0352 e. The van der Waals surface area contributed by atoms with Crippen LogP contribution in [0, 0.1) is 0 Å². The number of hydrogen-bond donors (Lipinski definition) is 1. The van der Waals surface area contributed by atoms with Crippen molar-refractivity contribution in [1.29, 1.82) is 0 Å². The van der Waals surface area contributed by atoms with Crippen molar-refractivity contribution < 1.29 is 4.70 Å². The van der Waals surface area contributed by atoms with Gasteiger partial charge in [-0.05, 0) is 19.3 Å². The fraction of sp³-hybridized carbons (Fsp3) is 1.00. The van der Waals surface area contributed by atoms with Crippen molar-refractivity contribution in [2.24, 2.45) is 0 Å². The Bertz CT molecular complexity index is 109. The van der Waals surface area contributed by atoms with Crippen LogP contribution in [0.2, 0.25) is 0 Å². The number of rotatable bonds is 0. The Labute approximate surface area is 59.1 Å². The molecule has 0 aromatic heterocycles. The average molecular weight is 152 g/mol. The molecule has 0 bridgehead atoms. The molecule has 9 heavy (non-hydrogen) atoms. The molecular weight excluding hydrogens is 141 g/mol. The molecule has 1 aliphatic heterocycles. The number of nitrogens with one attached hydrogen (secondary N) is 1. The molecule has 1 N–H and O–H groups in total. The van der Waals surface area contributed by atoms with E-state index in [1.165, 1.54) is 19.3 Å². The van der Waals surface area contributed by atoms with Crippen LogP contribution in [0.3, 0.4) is 0 Å². The molecule has 1 heterocycles. The standard InChI is InChI=1S/C6H10ClN.FH/c7-4-1-2-5-6(3-4)8-5;/h4-6,8H,1-3H2;1H. The van der Waals surface area contributed by atoms with Crippen LogP contribution in [-0.4, -0.2) is 17.5 Å². The van der Waals surface area contributed by atoms with Crippen molar-refractivity contribution in [2.45, 2.75) is 36.7 Å². The summed E-state index contributed by atoms with van der Waals surface area (Å²) in [6.45, 7) is 0. The third-order valence-corrected chi connectivity index (χ3v) is 2.50. The predicted octanol–water partition coefficient (Wildman–Crippen LogP) is 1.27. The van der Waals surface area contributed by atoms with Gasteiger partial charge in [0.2, 0.25) is 0 Å². The minimum absolute atomic E-state index is 0. The molecule has 0 aromatic rings. The Morgan fingerprint density at radius 1 is 1.22 bits per heavy atom. The zero-order chi connectivity index (χ0) is 5.56. The minimum atomic E-state index is 0. The van der Waals surface area contributed by atoms with Gasteiger partial charge in [-0.25, -0.2) is 0 Å². The minimum Gasteiger partial charge on any atom is -0.308 e. The Morgan fingerprint density at radius 3 is 2.56 bits per heavy atom. The molecule has 0 spiro atoms. The summed E-state index contributed by atoms with van der Waals surface area (Å²) in [4.78, 5) is 0. The third-order valence-electron chi connectivity index (χ3n) is 2.11. The molecule has 1 nitrogen and oxygen atoms in total. The van der Waals surface area contributed by atoms with Crippen molar-refractivity contribution in [3.63, 3.8) is 0 Å². The summed E-state index contributed by atoms with van der Waals surface area (Å²) >= 11 is 5.90. The molecule has 3 unspecified atom stereocenters. The predicted molar refractivity (Wildman–Crippen MR) is 36.7 cm³/mol. The van der Waals surface area contributed by atoms with Gasteiger partial charge < -0.3 is 5.32 Å². The summed E-state index contributed by atoms with van der Waals surface area (Å²) < 4.78 is 0. The quantitative estimate of drug-likeness (QED) is 0.409. The maximum absolute atomic E-state index is 5.90. The summed E-state index contributed by atoms with van der Waals surface area (Å²) in [7, 11) is 0. The fourth-order valence-corrected chi connectivity index (χ4v) is 1.81. The van der Waals surface area contributed by atoms with E-state index in [9.17, 15) is 0 Å². The van der Waals surface area contributed by atoms with Crippen molar-refractivity contribution in [1.82, 2.24) is 5.32 Å². The highest BCUT2D eigenvalue weighted by molar-refractivity contribution is 6.20. The number of alkyl halides is 1. The van der Waals surface area contributed by atoms with E-state index in [1.807, 2.05) is 0 Å². The molecule has 2 aliphatic rings. The highest BCUT2D eigenvalue weighted by atomic mass is 35.5. The SMILES string of the molecule is ClC1CCC2NC2C1.F. The largest absolute Gasteiger partial charge is 0.308 e. The summed E-state index contributed by atoms with van der Waals surface area (Å²) in [5, 5.41) is 3.84. The van der Waals surface area contributed by atoms with E-state index in [1.54, 1.807) is 0 Å². The van der Waals surface area contributed by atoms with Gasteiger partial charge in [-0.3, -0.25) is 4.70 Å². The first-order valence-electron chi connectivity index (χ1n) is 3.26. The third kappa shape index (κ3) is 1.36. The van der Waals surface area contributed by atoms with Crippen LogP contribution in [-0.2, 0) is 0 Å². The van der Waals surface area contributed by atoms with Crippen molar-refractivity contribution in [2.75, 3.05) is 0 Å². The molecule has 3 atom stereocenters. The second-order valence-corrected chi connectivity index (χ2v) is 3.41. The Morgan fingerprint density at radius 2 is 2.00 bits per heavy atom. The molecule has 54 valence electrons. The van der Waals surface area contributed by atoms with Crippen LogP contribution >= 0.6 is 11.6 Å². The number of fused-ring (bicyclic) bond motifs is 1. The molecule has 1 saturated carbocycles. The molecule has 2 fully saturated rings. The van der Waals surface area contributed by atoms with Gasteiger partial charge in [-0.2, -0.15) is 0 Å². The lowest BCUT2D eigenvalue weighted by molar-refractivity contribution is 0.579. The van der Waals surface area contributed by atoms with Crippen molar-refractivity contribution in [3.05, 3.63) is 0 Å². The molecular formula is C6H11ClFN. The molecule has 0 amide bonds. The van der Waals surface area contributed by atoms with Gasteiger partial charge in [-0.1, -0.05) is 0 Å².